The summed E-state index contributed by atoms with van der Waals surface area (Å²) in [5.74, 6) is 0.844. The summed E-state index contributed by atoms with van der Waals surface area (Å²) >= 11 is 1.64. The van der Waals surface area contributed by atoms with Crippen molar-refractivity contribution in [3.05, 3.63) is 59.2 Å². The number of thiophene rings is 1. The van der Waals surface area contributed by atoms with Crippen molar-refractivity contribution in [2.24, 2.45) is 0 Å². The van der Waals surface area contributed by atoms with Crippen molar-refractivity contribution >= 4 is 36.1 Å². The Morgan fingerprint density at radius 1 is 1.26 bits per heavy atom. The molecule has 23 heavy (non-hydrogen) atoms. The summed E-state index contributed by atoms with van der Waals surface area (Å²) in [5, 5.41) is 11.8. The fourth-order valence-electron chi connectivity index (χ4n) is 2.36. The van der Waals surface area contributed by atoms with Gasteiger partial charge < -0.3 is 5.32 Å². The lowest BCUT2D eigenvalue weighted by Gasteiger charge is -2.10. The number of nitrogens with one attached hydrogen (secondary N) is 1. The minimum atomic E-state index is 0.562. The summed E-state index contributed by atoms with van der Waals surface area (Å²) in [7, 11) is 5.99. The largest absolute Gasteiger partial charge is 0.366 e. The van der Waals surface area contributed by atoms with Crippen molar-refractivity contribution in [3.8, 4) is 11.3 Å². The summed E-state index contributed by atoms with van der Waals surface area (Å²) in [6.45, 7) is 0.649. The van der Waals surface area contributed by atoms with Crippen LogP contribution in [0.25, 0.3) is 16.9 Å². The Morgan fingerprint density at radius 3 is 3.00 bits per heavy atom. The van der Waals surface area contributed by atoms with E-state index >= 15 is 0 Å². The van der Waals surface area contributed by atoms with Crippen molar-refractivity contribution in [1.82, 2.24) is 19.6 Å². The van der Waals surface area contributed by atoms with Gasteiger partial charge in [0, 0.05) is 42.1 Å². The maximum Gasteiger partial charge on any atom is 0.150 e. The zero-order valence-electron chi connectivity index (χ0n) is 12.2. The fourth-order valence-corrected chi connectivity index (χ4v) is 3.01. The first-order valence-electron chi connectivity index (χ1n) is 7.11. The molecule has 0 amide bonds. The van der Waals surface area contributed by atoms with Crippen molar-refractivity contribution in [3.63, 3.8) is 0 Å². The Balaban J connectivity index is 1.75. The van der Waals surface area contributed by atoms with Crippen LogP contribution in [0, 0.1) is 0 Å². The second-order valence-electron chi connectivity index (χ2n) is 5.09. The van der Waals surface area contributed by atoms with Crippen LogP contribution in [0.4, 0.5) is 5.82 Å². The van der Waals surface area contributed by atoms with Gasteiger partial charge in [-0.1, -0.05) is 6.07 Å². The second kappa shape index (κ2) is 5.85. The Morgan fingerprint density at radius 2 is 2.22 bits per heavy atom. The first-order valence-corrected chi connectivity index (χ1v) is 8.05. The third-order valence-electron chi connectivity index (χ3n) is 3.51. The zero-order chi connectivity index (χ0) is 15.6. The van der Waals surface area contributed by atoms with Crippen LogP contribution in [-0.2, 0) is 6.54 Å². The van der Waals surface area contributed by atoms with Gasteiger partial charge in [-0.15, -0.1) is 0 Å². The van der Waals surface area contributed by atoms with E-state index in [9.17, 15) is 0 Å². The van der Waals surface area contributed by atoms with Gasteiger partial charge in [0.15, 0.2) is 5.65 Å². The molecule has 7 heteroatoms. The number of aromatic nitrogens is 4. The van der Waals surface area contributed by atoms with E-state index in [0.29, 0.717) is 17.7 Å². The van der Waals surface area contributed by atoms with Crippen molar-refractivity contribution in [2.75, 3.05) is 5.32 Å². The highest BCUT2D eigenvalue weighted by atomic mass is 32.1. The molecule has 0 fully saturated rings. The van der Waals surface area contributed by atoms with Crippen LogP contribution in [0.2, 0.25) is 0 Å². The third-order valence-corrected chi connectivity index (χ3v) is 4.20. The molecule has 4 aromatic heterocycles. The average molecular weight is 317 g/mol. The Bertz CT molecular complexity index is 934. The number of hydrogen-bond donors (Lipinski definition) is 1. The highest BCUT2D eigenvalue weighted by molar-refractivity contribution is 7.08. The topological polar surface area (TPSA) is 55.1 Å². The molecule has 1 N–H and O–H groups in total. The number of pyridine rings is 1. The second-order valence-corrected chi connectivity index (χ2v) is 5.87. The van der Waals surface area contributed by atoms with Gasteiger partial charge >= 0.3 is 0 Å². The van der Waals surface area contributed by atoms with Crippen LogP contribution >= 0.6 is 11.3 Å². The van der Waals surface area contributed by atoms with Crippen LogP contribution in [0.3, 0.4) is 0 Å². The molecule has 0 aliphatic heterocycles. The summed E-state index contributed by atoms with van der Waals surface area (Å²) in [6.07, 6.45) is 5.22. The molecule has 0 aliphatic carbocycles. The first-order chi connectivity index (χ1) is 11.3. The molecule has 110 valence electrons. The van der Waals surface area contributed by atoms with Crippen LogP contribution in [0.15, 0.2) is 53.6 Å². The van der Waals surface area contributed by atoms with Gasteiger partial charge in [0.2, 0.25) is 0 Å². The molecule has 0 aromatic carbocycles. The maximum atomic E-state index is 5.99. The fraction of sp³-hybridized carbons (Fsp3) is 0.0625. The minimum absolute atomic E-state index is 0.562. The monoisotopic (exact) mass is 317 g/mol. The van der Waals surface area contributed by atoms with E-state index in [1.54, 1.807) is 28.2 Å². The highest BCUT2D eigenvalue weighted by Gasteiger charge is 2.10. The molecule has 4 heterocycles. The number of fused-ring (bicyclic) bond motifs is 1. The number of anilines is 1. The highest BCUT2D eigenvalue weighted by Crippen LogP contribution is 2.23. The molecule has 0 bridgehead atoms. The lowest BCUT2D eigenvalue weighted by Crippen LogP contribution is -2.09. The molecule has 0 saturated heterocycles. The zero-order valence-corrected chi connectivity index (χ0v) is 13.0. The van der Waals surface area contributed by atoms with E-state index in [2.05, 4.69) is 25.8 Å². The Hall–Kier alpha value is -2.67. The van der Waals surface area contributed by atoms with Crippen molar-refractivity contribution in [1.29, 1.82) is 0 Å². The predicted molar refractivity (Wildman–Crippen MR) is 93.3 cm³/mol. The van der Waals surface area contributed by atoms with Crippen LogP contribution in [0.5, 0.6) is 0 Å². The number of hydrogen-bond acceptors (Lipinski definition) is 5. The van der Waals surface area contributed by atoms with Crippen molar-refractivity contribution < 1.29 is 0 Å². The average Bonchev–Trinajstić information content (AvgIpc) is 3.24. The maximum absolute atomic E-state index is 5.99. The van der Waals surface area contributed by atoms with E-state index in [4.69, 9.17) is 7.85 Å². The van der Waals surface area contributed by atoms with Crippen LogP contribution in [0.1, 0.15) is 5.56 Å². The Labute approximate surface area is 138 Å². The third kappa shape index (κ3) is 2.71. The van der Waals surface area contributed by atoms with E-state index in [1.165, 1.54) is 0 Å². The quantitative estimate of drug-likeness (QED) is 0.587. The Kier molecular flexibility index (Phi) is 3.55. The molecule has 0 unspecified atom stereocenters. The summed E-state index contributed by atoms with van der Waals surface area (Å²) in [5.41, 5.74) is 4.26. The SMILES string of the molecule is [B]c1cnn2c(NCc3cccnc3)cc(-c3ccsc3)nc12. The van der Waals surface area contributed by atoms with Gasteiger partial charge in [0.1, 0.15) is 13.7 Å². The molecule has 4 aromatic rings. The standard InChI is InChI=1S/C16H12BN5S/c17-13-9-20-22-15(19-8-11-2-1-4-18-7-11)6-14(21-16(13)22)12-3-5-23-10-12/h1-7,9-10,19H,8H2. The predicted octanol–water partition coefficient (Wildman–Crippen LogP) is 2.26. The lowest BCUT2D eigenvalue weighted by atomic mass is 10.0. The molecule has 0 atom stereocenters. The van der Waals surface area contributed by atoms with Gasteiger partial charge in [-0.3, -0.25) is 4.98 Å². The number of nitrogens with zero attached hydrogens (tertiary/aromatic N) is 4. The van der Waals surface area contributed by atoms with Gasteiger partial charge in [-0.25, -0.2) is 4.98 Å². The summed E-state index contributed by atoms with van der Waals surface area (Å²) in [6, 6.07) is 7.97. The van der Waals surface area contributed by atoms with E-state index in [1.807, 2.05) is 35.8 Å². The number of rotatable bonds is 4. The molecular weight excluding hydrogens is 305 g/mol. The molecule has 4 rings (SSSR count). The lowest BCUT2D eigenvalue weighted by molar-refractivity contribution is 0.925. The molecule has 0 spiro atoms. The van der Waals surface area contributed by atoms with E-state index in [0.717, 1.165) is 22.6 Å². The summed E-state index contributed by atoms with van der Waals surface area (Å²) < 4.78 is 1.72. The van der Waals surface area contributed by atoms with Crippen LogP contribution in [-0.4, -0.2) is 27.4 Å². The smallest absolute Gasteiger partial charge is 0.150 e. The molecular formula is C16H12BN5S. The summed E-state index contributed by atoms with van der Waals surface area (Å²) in [4.78, 5) is 8.75. The molecule has 0 saturated carbocycles. The van der Waals surface area contributed by atoms with Gasteiger partial charge in [-0.05, 0) is 28.5 Å². The van der Waals surface area contributed by atoms with E-state index in [-0.39, 0.29) is 0 Å². The molecule has 5 nitrogen and oxygen atoms in total. The first kappa shape index (κ1) is 14.0. The van der Waals surface area contributed by atoms with Crippen LogP contribution < -0.4 is 10.8 Å². The van der Waals surface area contributed by atoms with Gasteiger partial charge in [-0.2, -0.15) is 21.0 Å². The van der Waals surface area contributed by atoms with E-state index < -0.39 is 0 Å². The molecule has 2 radical (unpaired) electrons. The molecule has 0 aliphatic rings. The van der Waals surface area contributed by atoms with Gasteiger partial charge in [0.25, 0.3) is 0 Å². The van der Waals surface area contributed by atoms with Crippen molar-refractivity contribution in [2.45, 2.75) is 6.54 Å². The van der Waals surface area contributed by atoms with Gasteiger partial charge in [0.05, 0.1) is 5.69 Å². The normalized spacial score (nSPS) is 11.0. The minimum Gasteiger partial charge on any atom is -0.366 e.